The Bertz CT molecular complexity index is 607. The van der Waals surface area contributed by atoms with E-state index in [2.05, 4.69) is 5.32 Å². The lowest BCUT2D eigenvalue weighted by atomic mass is 9.93. The van der Waals surface area contributed by atoms with Gasteiger partial charge < -0.3 is 11.1 Å². The maximum absolute atomic E-state index is 12.1. The Morgan fingerprint density at radius 2 is 1.85 bits per heavy atom. The van der Waals surface area contributed by atoms with E-state index in [4.69, 9.17) is 10.9 Å². The second kappa shape index (κ2) is 5.90. The minimum atomic E-state index is -3.82. The molecule has 0 saturated carbocycles. The lowest BCUT2D eigenvalue weighted by Crippen LogP contribution is -2.50. The van der Waals surface area contributed by atoms with Crippen molar-refractivity contribution in [2.45, 2.75) is 44.0 Å². The van der Waals surface area contributed by atoms with Gasteiger partial charge in [0.25, 0.3) is 0 Å². The molecule has 5 N–H and O–H groups in total. The number of sulfonamides is 1. The first kappa shape index (κ1) is 16.6. The average molecular weight is 299 g/mol. The summed E-state index contributed by atoms with van der Waals surface area (Å²) < 4.78 is 22.9. The number of rotatable bonds is 5. The van der Waals surface area contributed by atoms with Crippen LogP contribution in [0.4, 0.5) is 5.69 Å². The zero-order valence-electron chi connectivity index (χ0n) is 11.9. The topological polar surface area (TPSA) is 115 Å². The van der Waals surface area contributed by atoms with E-state index >= 15 is 0 Å². The number of carbonyl (C=O) groups is 1. The van der Waals surface area contributed by atoms with Gasteiger partial charge in [0.2, 0.25) is 15.9 Å². The summed E-state index contributed by atoms with van der Waals surface area (Å²) in [6.45, 7) is 5.29. The van der Waals surface area contributed by atoms with Crippen LogP contribution < -0.4 is 16.2 Å². The fourth-order valence-corrected chi connectivity index (χ4v) is 2.62. The van der Waals surface area contributed by atoms with Crippen LogP contribution in [0.5, 0.6) is 0 Å². The number of carbonyl (C=O) groups excluding carboxylic acids is 1. The first-order valence-electron chi connectivity index (χ1n) is 6.38. The van der Waals surface area contributed by atoms with Crippen molar-refractivity contribution in [3.63, 3.8) is 0 Å². The number of benzene rings is 1. The highest BCUT2D eigenvalue weighted by Gasteiger charge is 2.30. The van der Waals surface area contributed by atoms with Crippen LogP contribution in [0.1, 0.15) is 32.3 Å². The third kappa shape index (κ3) is 3.56. The van der Waals surface area contributed by atoms with Gasteiger partial charge in [0, 0.05) is 5.69 Å². The van der Waals surface area contributed by atoms with Crippen LogP contribution in [0.2, 0.25) is 0 Å². The normalized spacial score (nSPS) is 12.2. The second-order valence-corrected chi connectivity index (χ2v) is 6.37. The summed E-state index contributed by atoms with van der Waals surface area (Å²) >= 11 is 0. The fourth-order valence-electron chi connectivity index (χ4n) is 1.81. The summed E-state index contributed by atoms with van der Waals surface area (Å²) in [6.07, 6.45) is 0.979. The van der Waals surface area contributed by atoms with Crippen LogP contribution in [0, 0.1) is 6.92 Å². The Hall–Kier alpha value is -1.44. The Labute approximate surface area is 119 Å². The summed E-state index contributed by atoms with van der Waals surface area (Å²) in [7, 11) is -3.82. The van der Waals surface area contributed by atoms with E-state index in [1.54, 1.807) is 19.1 Å². The van der Waals surface area contributed by atoms with Crippen molar-refractivity contribution in [3.8, 4) is 0 Å². The Morgan fingerprint density at radius 1 is 1.30 bits per heavy atom. The van der Waals surface area contributed by atoms with Crippen molar-refractivity contribution in [1.82, 2.24) is 0 Å². The van der Waals surface area contributed by atoms with Gasteiger partial charge in [-0.25, -0.2) is 13.6 Å². The van der Waals surface area contributed by atoms with Crippen LogP contribution in [0.15, 0.2) is 23.1 Å². The van der Waals surface area contributed by atoms with Gasteiger partial charge in [0.15, 0.2) is 0 Å². The van der Waals surface area contributed by atoms with Gasteiger partial charge in [-0.1, -0.05) is 19.9 Å². The monoisotopic (exact) mass is 299 g/mol. The minimum absolute atomic E-state index is 0.00841. The van der Waals surface area contributed by atoms with E-state index < -0.39 is 15.6 Å². The molecule has 1 rings (SSSR count). The molecule has 0 spiro atoms. The maximum atomic E-state index is 12.1. The predicted molar refractivity (Wildman–Crippen MR) is 78.7 cm³/mol. The molecule has 1 aromatic carbocycles. The molecular formula is C13H21N3O3S. The molecule has 0 aliphatic heterocycles. The van der Waals surface area contributed by atoms with E-state index in [0.717, 1.165) is 0 Å². The molecule has 20 heavy (non-hydrogen) atoms. The van der Waals surface area contributed by atoms with Crippen LogP contribution in [0.25, 0.3) is 0 Å². The van der Waals surface area contributed by atoms with E-state index in [-0.39, 0.29) is 10.8 Å². The van der Waals surface area contributed by atoms with Gasteiger partial charge in [-0.05, 0) is 37.5 Å². The number of nitrogens with one attached hydrogen (secondary N) is 1. The summed E-state index contributed by atoms with van der Waals surface area (Å²) in [5.41, 5.74) is 5.91. The molecule has 0 fully saturated rings. The molecule has 0 aliphatic carbocycles. The van der Waals surface area contributed by atoms with E-state index in [1.807, 2.05) is 13.8 Å². The summed E-state index contributed by atoms with van der Waals surface area (Å²) in [5, 5.41) is 7.77. The minimum Gasteiger partial charge on any atom is -0.324 e. The number of amides is 1. The molecule has 0 radical (unpaired) electrons. The van der Waals surface area contributed by atoms with Gasteiger partial charge >= 0.3 is 0 Å². The molecule has 0 aliphatic rings. The van der Waals surface area contributed by atoms with E-state index in [1.165, 1.54) is 6.07 Å². The molecule has 7 heteroatoms. The van der Waals surface area contributed by atoms with Gasteiger partial charge in [-0.15, -0.1) is 0 Å². The number of aryl methyl sites for hydroxylation is 1. The van der Waals surface area contributed by atoms with Crippen molar-refractivity contribution >= 4 is 21.6 Å². The lowest BCUT2D eigenvalue weighted by Gasteiger charge is -2.25. The van der Waals surface area contributed by atoms with E-state index in [9.17, 15) is 13.2 Å². The highest BCUT2D eigenvalue weighted by atomic mass is 32.2. The first-order chi connectivity index (χ1) is 9.14. The third-order valence-corrected chi connectivity index (χ3v) is 4.52. The predicted octanol–water partition coefficient (Wildman–Crippen LogP) is 1.10. The largest absolute Gasteiger partial charge is 0.324 e. The summed E-state index contributed by atoms with van der Waals surface area (Å²) in [5.74, 6) is -0.341. The number of primary sulfonamides is 1. The van der Waals surface area contributed by atoms with Crippen molar-refractivity contribution < 1.29 is 13.2 Å². The molecule has 0 bridgehead atoms. The molecule has 0 unspecified atom stereocenters. The molecule has 0 heterocycles. The van der Waals surface area contributed by atoms with Crippen molar-refractivity contribution in [3.05, 3.63) is 23.8 Å². The van der Waals surface area contributed by atoms with E-state index in [0.29, 0.717) is 24.1 Å². The second-order valence-electron chi connectivity index (χ2n) is 4.84. The third-order valence-electron chi connectivity index (χ3n) is 3.47. The molecule has 112 valence electrons. The zero-order chi connectivity index (χ0) is 15.6. The SMILES string of the molecule is CCC(N)(CC)C(=O)Nc1ccc(C)c(S(N)(=O)=O)c1. The van der Waals surface area contributed by atoms with Crippen molar-refractivity contribution in [1.29, 1.82) is 0 Å². The smallest absolute Gasteiger partial charge is 0.244 e. The average Bonchev–Trinajstić information content (AvgIpc) is 2.38. The molecule has 0 saturated heterocycles. The van der Waals surface area contributed by atoms with Crippen LogP contribution in [-0.4, -0.2) is 19.9 Å². The maximum Gasteiger partial charge on any atom is 0.244 e. The quantitative estimate of drug-likeness (QED) is 0.755. The van der Waals surface area contributed by atoms with Gasteiger partial charge in [-0.2, -0.15) is 0 Å². The zero-order valence-corrected chi connectivity index (χ0v) is 12.8. The number of hydrogen-bond donors (Lipinski definition) is 3. The van der Waals surface area contributed by atoms with Gasteiger partial charge in [0.05, 0.1) is 10.4 Å². The van der Waals surface area contributed by atoms with Crippen LogP contribution in [0.3, 0.4) is 0 Å². The van der Waals surface area contributed by atoms with Gasteiger partial charge in [0.1, 0.15) is 0 Å². The number of anilines is 1. The fraction of sp³-hybridized carbons (Fsp3) is 0.462. The van der Waals surface area contributed by atoms with Crippen LogP contribution in [-0.2, 0) is 14.8 Å². The van der Waals surface area contributed by atoms with Crippen molar-refractivity contribution in [2.75, 3.05) is 5.32 Å². The molecule has 1 amide bonds. The highest BCUT2D eigenvalue weighted by molar-refractivity contribution is 7.89. The Morgan fingerprint density at radius 3 is 2.30 bits per heavy atom. The van der Waals surface area contributed by atoms with Crippen LogP contribution >= 0.6 is 0 Å². The first-order valence-corrected chi connectivity index (χ1v) is 7.92. The molecular weight excluding hydrogens is 278 g/mol. The molecule has 6 nitrogen and oxygen atoms in total. The lowest BCUT2D eigenvalue weighted by molar-refractivity contribution is -0.121. The summed E-state index contributed by atoms with van der Waals surface area (Å²) in [6, 6.07) is 4.55. The van der Waals surface area contributed by atoms with Gasteiger partial charge in [-0.3, -0.25) is 4.79 Å². The van der Waals surface area contributed by atoms with Crippen molar-refractivity contribution in [2.24, 2.45) is 10.9 Å². The number of nitrogens with two attached hydrogens (primary N) is 2. The molecule has 1 aromatic rings. The highest BCUT2D eigenvalue weighted by Crippen LogP contribution is 2.21. The Balaban J connectivity index is 3.09. The molecule has 0 atom stereocenters. The Kier molecular flexibility index (Phi) is 4.90. The molecule has 0 aromatic heterocycles. The summed E-state index contributed by atoms with van der Waals surface area (Å²) in [4.78, 5) is 12.1. The standard InChI is InChI=1S/C13H21N3O3S/c1-4-13(14,5-2)12(17)16-10-7-6-9(3)11(8-10)20(15,18)19/h6-8H,4-5,14H2,1-3H3,(H,16,17)(H2,15,18,19). The number of hydrogen-bond acceptors (Lipinski definition) is 4.